The van der Waals surface area contributed by atoms with Crippen molar-refractivity contribution < 1.29 is 4.79 Å². The summed E-state index contributed by atoms with van der Waals surface area (Å²) in [6.45, 7) is 0.655. The SMILES string of the molecule is CN(C)c1cccc(C(=O)N2CCCC[C@@H]2c2nc(-c3ccsc3)cc(=O)[nH]2)c1. The minimum absolute atomic E-state index is 0.0259. The van der Waals surface area contributed by atoms with E-state index in [0.717, 1.165) is 30.5 Å². The van der Waals surface area contributed by atoms with Crippen molar-refractivity contribution in [1.29, 1.82) is 0 Å². The zero-order valence-corrected chi connectivity index (χ0v) is 17.4. The number of aromatic amines is 1. The Kier molecular flexibility index (Phi) is 5.49. The molecule has 1 aliphatic rings. The van der Waals surface area contributed by atoms with E-state index in [2.05, 4.69) is 4.98 Å². The highest BCUT2D eigenvalue weighted by molar-refractivity contribution is 7.08. The Bertz CT molecular complexity index is 1060. The van der Waals surface area contributed by atoms with Crippen molar-refractivity contribution in [1.82, 2.24) is 14.9 Å². The van der Waals surface area contributed by atoms with Crippen LogP contribution in [0.3, 0.4) is 0 Å². The second kappa shape index (κ2) is 8.21. The largest absolute Gasteiger partial charge is 0.378 e. The van der Waals surface area contributed by atoms with Crippen molar-refractivity contribution in [3.05, 3.63) is 68.9 Å². The third-order valence-corrected chi connectivity index (χ3v) is 5.95. The van der Waals surface area contributed by atoms with E-state index in [-0.39, 0.29) is 17.5 Å². The Labute approximate surface area is 173 Å². The van der Waals surface area contributed by atoms with E-state index in [1.165, 1.54) is 6.07 Å². The summed E-state index contributed by atoms with van der Waals surface area (Å²) in [5.74, 6) is 0.539. The van der Waals surface area contributed by atoms with Crippen LogP contribution in [0.1, 0.15) is 41.5 Å². The summed E-state index contributed by atoms with van der Waals surface area (Å²) in [6, 6.07) is 10.9. The van der Waals surface area contributed by atoms with Crippen LogP contribution in [0.25, 0.3) is 11.3 Å². The molecule has 6 nitrogen and oxygen atoms in total. The lowest BCUT2D eigenvalue weighted by atomic mass is 9.99. The van der Waals surface area contributed by atoms with Crippen molar-refractivity contribution in [3.8, 4) is 11.3 Å². The minimum Gasteiger partial charge on any atom is -0.378 e. The van der Waals surface area contributed by atoms with E-state index >= 15 is 0 Å². The zero-order valence-electron chi connectivity index (χ0n) is 16.6. The summed E-state index contributed by atoms with van der Waals surface area (Å²) in [5, 5.41) is 3.94. The Morgan fingerprint density at radius 2 is 2.10 bits per heavy atom. The molecule has 0 unspecified atom stereocenters. The van der Waals surface area contributed by atoms with Crippen LogP contribution in [0.2, 0.25) is 0 Å². The first-order chi connectivity index (χ1) is 14.0. The lowest BCUT2D eigenvalue weighted by Crippen LogP contribution is -2.40. The Balaban J connectivity index is 1.69. The molecule has 29 heavy (non-hydrogen) atoms. The topological polar surface area (TPSA) is 69.3 Å². The first-order valence-corrected chi connectivity index (χ1v) is 10.7. The fraction of sp³-hybridized carbons (Fsp3) is 0.318. The summed E-state index contributed by atoms with van der Waals surface area (Å²) < 4.78 is 0. The number of likely N-dealkylation sites (tertiary alicyclic amines) is 1. The first kappa shape index (κ1) is 19.4. The summed E-state index contributed by atoms with van der Waals surface area (Å²) in [4.78, 5) is 37.1. The second-order valence-corrected chi connectivity index (χ2v) is 8.26. The maximum absolute atomic E-state index is 13.3. The number of H-pyrrole nitrogens is 1. The molecule has 1 fully saturated rings. The van der Waals surface area contributed by atoms with Gasteiger partial charge in [0.05, 0.1) is 11.7 Å². The van der Waals surface area contributed by atoms with Gasteiger partial charge >= 0.3 is 0 Å². The Morgan fingerprint density at radius 3 is 2.86 bits per heavy atom. The van der Waals surface area contributed by atoms with Gasteiger partial charge in [0.15, 0.2) is 0 Å². The normalized spacial score (nSPS) is 16.6. The number of piperidine rings is 1. The quantitative estimate of drug-likeness (QED) is 0.710. The van der Waals surface area contributed by atoms with Crippen LogP contribution in [0.5, 0.6) is 0 Å². The van der Waals surface area contributed by atoms with Crippen molar-refractivity contribution >= 4 is 22.9 Å². The van der Waals surface area contributed by atoms with Crippen LogP contribution in [0.15, 0.2) is 52.0 Å². The maximum Gasteiger partial charge on any atom is 0.254 e. The van der Waals surface area contributed by atoms with Crippen molar-refractivity contribution in [2.24, 2.45) is 0 Å². The van der Waals surface area contributed by atoms with E-state index in [9.17, 15) is 9.59 Å². The molecule has 0 saturated carbocycles. The summed E-state index contributed by atoms with van der Waals surface area (Å²) >= 11 is 1.57. The molecule has 1 saturated heterocycles. The minimum atomic E-state index is -0.231. The predicted octanol–water partition coefficient (Wildman–Crippen LogP) is 3.93. The van der Waals surface area contributed by atoms with Gasteiger partial charge in [-0.05, 0) is 48.9 Å². The van der Waals surface area contributed by atoms with Crippen LogP contribution in [0, 0.1) is 0 Å². The fourth-order valence-electron chi connectivity index (χ4n) is 3.73. The molecule has 4 rings (SSSR count). The van der Waals surface area contributed by atoms with Crippen LogP contribution < -0.4 is 10.5 Å². The highest BCUT2D eigenvalue weighted by Gasteiger charge is 2.31. The summed E-state index contributed by atoms with van der Waals surface area (Å²) in [5.41, 5.74) is 3.02. The van der Waals surface area contributed by atoms with Gasteiger partial charge in [-0.15, -0.1) is 0 Å². The maximum atomic E-state index is 13.3. The highest BCUT2D eigenvalue weighted by Crippen LogP contribution is 2.31. The van der Waals surface area contributed by atoms with Gasteiger partial charge in [0, 0.05) is 48.9 Å². The number of nitrogens with one attached hydrogen (secondary N) is 1. The van der Waals surface area contributed by atoms with Gasteiger partial charge in [-0.3, -0.25) is 9.59 Å². The fourth-order valence-corrected chi connectivity index (χ4v) is 4.38. The Hall–Kier alpha value is -2.93. The number of rotatable bonds is 4. The molecule has 7 heteroatoms. The average Bonchev–Trinajstić information content (AvgIpc) is 3.28. The van der Waals surface area contributed by atoms with Gasteiger partial charge < -0.3 is 14.8 Å². The molecule has 1 aromatic carbocycles. The van der Waals surface area contributed by atoms with Gasteiger partial charge in [0.25, 0.3) is 11.5 Å². The van der Waals surface area contributed by atoms with Crippen LogP contribution in [0.4, 0.5) is 5.69 Å². The van der Waals surface area contributed by atoms with Crippen LogP contribution in [-0.2, 0) is 0 Å². The lowest BCUT2D eigenvalue weighted by Gasteiger charge is -2.35. The molecule has 0 radical (unpaired) electrons. The summed E-state index contributed by atoms with van der Waals surface area (Å²) in [7, 11) is 3.91. The molecular weight excluding hydrogens is 384 g/mol. The predicted molar refractivity (Wildman–Crippen MR) is 117 cm³/mol. The second-order valence-electron chi connectivity index (χ2n) is 7.48. The zero-order chi connectivity index (χ0) is 20.4. The van der Waals surface area contributed by atoms with E-state index in [0.29, 0.717) is 23.6 Å². The Morgan fingerprint density at radius 1 is 1.24 bits per heavy atom. The van der Waals surface area contributed by atoms with E-state index < -0.39 is 0 Å². The molecule has 1 aliphatic heterocycles. The van der Waals surface area contributed by atoms with Gasteiger partial charge in [-0.25, -0.2) is 4.98 Å². The number of amides is 1. The smallest absolute Gasteiger partial charge is 0.254 e. The number of thiophene rings is 1. The number of hydrogen-bond acceptors (Lipinski definition) is 5. The molecule has 1 atom stereocenters. The molecule has 3 aromatic rings. The third kappa shape index (κ3) is 4.10. The van der Waals surface area contributed by atoms with Crippen LogP contribution >= 0.6 is 11.3 Å². The molecule has 0 bridgehead atoms. The number of carbonyl (C=O) groups excluding carboxylic acids is 1. The number of anilines is 1. The number of hydrogen-bond donors (Lipinski definition) is 1. The molecule has 3 heterocycles. The third-order valence-electron chi connectivity index (χ3n) is 5.27. The number of aromatic nitrogens is 2. The average molecular weight is 409 g/mol. The van der Waals surface area contributed by atoms with Crippen molar-refractivity contribution in [3.63, 3.8) is 0 Å². The number of carbonyl (C=O) groups is 1. The van der Waals surface area contributed by atoms with Crippen LogP contribution in [-0.4, -0.2) is 41.4 Å². The molecule has 0 aliphatic carbocycles. The number of nitrogens with zero attached hydrogens (tertiary/aromatic N) is 3. The molecule has 1 amide bonds. The number of benzene rings is 1. The van der Waals surface area contributed by atoms with Gasteiger partial charge in [-0.2, -0.15) is 11.3 Å². The molecule has 150 valence electrons. The monoisotopic (exact) mass is 408 g/mol. The lowest BCUT2D eigenvalue weighted by molar-refractivity contribution is 0.0599. The highest BCUT2D eigenvalue weighted by atomic mass is 32.1. The van der Waals surface area contributed by atoms with E-state index in [1.807, 2.05) is 65.0 Å². The molecule has 2 aromatic heterocycles. The van der Waals surface area contributed by atoms with Crippen molar-refractivity contribution in [2.45, 2.75) is 25.3 Å². The molecule has 1 N–H and O–H groups in total. The molecule has 0 spiro atoms. The first-order valence-electron chi connectivity index (χ1n) is 9.75. The van der Waals surface area contributed by atoms with Gasteiger partial charge in [-0.1, -0.05) is 6.07 Å². The van der Waals surface area contributed by atoms with E-state index in [1.54, 1.807) is 11.3 Å². The summed E-state index contributed by atoms with van der Waals surface area (Å²) in [6.07, 6.45) is 2.73. The van der Waals surface area contributed by atoms with E-state index in [4.69, 9.17) is 4.98 Å². The molecular formula is C22H24N4O2S. The van der Waals surface area contributed by atoms with Gasteiger partial charge in [0.2, 0.25) is 0 Å². The van der Waals surface area contributed by atoms with Crippen molar-refractivity contribution in [2.75, 3.05) is 25.5 Å². The standard InChI is InChI=1S/C22H24N4O2S/c1-25(2)17-7-5-6-15(12-17)22(28)26-10-4-3-8-19(26)21-23-18(13-20(27)24-21)16-9-11-29-14-16/h5-7,9,11-14,19H,3-4,8,10H2,1-2H3,(H,23,24,27)/t19-/m1/s1. The van der Waals surface area contributed by atoms with Gasteiger partial charge in [0.1, 0.15) is 5.82 Å².